The Kier molecular flexibility index (Phi) is 7.56. The van der Waals surface area contributed by atoms with Crippen molar-refractivity contribution >= 4 is 17.8 Å². The van der Waals surface area contributed by atoms with Crippen molar-refractivity contribution in [3.63, 3.8) is 0 Å². The molecule has 0 aliphatic rings. The second-order valence-corrected chi connectivity index (χ2v) is 6.09. The molecule has 0 spiro atoms. The predicted molar refractivity (Wildman–Crippen MR) is 102 cm³/mol. The zero-order chi connectivity index (χ0) is 20.5. The first-order valence-electron chi connectivity index (χ1n) is 8.67. The smallest absolute Gasteiger partial charge is 0.338 e. The van der Waals surface area contributed by atoms with Crippen LogP contribution in [0.3, 0.4) is 0 Å². The Morgan fingerprint density at radius 3 is 2.39 bits per heavy atom. The number of carbonyl (C=O) groups excluding carboxylic acids is 3. The van der Waals surface area contributed by atoms with Crippen molar-refractivity contribution in [2.75, 3.05) is 20.8 Å². The summed E-state index contributed by atoms with van der Waals surface area (Å²) in [6.07, 6.45) is 0.266. The lowest BCUT2D eigenvalue weighted by molar-refractivity contribution is -0.145. The molecule has 1 amide bonds. The summed E-state index contributed by atoms with van der Waals surface area (Å²) in [7, 11) is 2.75. The van der Waals surface area contributed by atoms with Crippen molar-refractivity contribution in [1.82, 2.24) is 5.32 Å². The van der Waals surface area contributed by atoms with E-state index >= 15 is 0 Å². The van der Waals surface area contributed by atoms with Crippen LogP contribution in [0.5, 0.6) is 5.75 Å². The molecule has 2 aromatic rings. The number of methoxy groups -OCH3 is 2. The Morgan fingerprint density at radius 2 is 1.75 bits per heavy atom. The Balaban J connectivity index is 1.95. The lowest BCUT2D eigenvalue weighted by Crippen LogP contribution is -2.44. The molecule has 0 aliphatic carbocycles. The highest BCUT2D eigenvalue weighted by atomic mass is 16.5. The fourth-order valence-corrected chi connectivity index (χ4v) is 2.58. The number of ether oxygens (including phenoxy) is 3. The van der Waals surface area contributed by atoms with E-state index in [4.69, 9.17) is 14.2 Å². The van der Waals surface area contributed by atoms with Gasteiger partial charge < -0.3 is 19.5 Å². The molecule has 0 aromatic heterocycles. The average molecular weight is 385 g/mol. The Morgan fingerprint density at radius 1 is 1.04 bits per heavy atom. The summed E-state index contributed by atoms with van der Waals surface area (Å²) in [4.78, 5) is 36.3. The molecule has 1 N–H and O–H groups in total. The summed E-state index contributed by atoms with van der Waals surface area (Å²) in [6, 6.07) is 13.2. The van der Waals surface area contributed by atoms with Crippen molar-refractivity contribution < 1.29 is 28.6 Å². The molecule has 0 saturated heterocycles. The standard InChI is InChI=1S/C21H23NO6/c1-14-9-10-16(12-18(14)26-2)20(24)28-13-19(23)22-17(21(25)27-3)11-15-7-5-4-6-8-15/h4-10,12,17H,11,13H2,1-3H3,(H,22,23)/t17-/m0/s1. The largest absolute Gasteiger partial charge is 0.496 e. The molecule has 0 fully saturated rings. The van der Waals surface area contributed by atoms with Gasteiger partial charge >= 0.3 is 11.9 Å². The van der Waals surface area contributed by atoms with Crippen LogP contribution in [0.2, 0.25) is 0 Å². The molecular formula is C21H23NO6. The quantitative estimate of drug-likeness (QED) is 0.700. The van der Waals surface area contributed by atoms with E-state index in [1.165, 1.54) is 14.2 Å². The van der Waals surface area contributed by atoms with Gasteiger partial charge in [-0.1, -0.05) is 36.4 Å². The topological polar surface area (TPSA) is 90.9 Å². The fourth-order valence-electron chi connectivity index (χ4n) is 2.58. The van der Waals surface area contributed by atoms with Crippen LogP contribution in [0, 0.1) is 6.92 Å². The molecule has 7 heteroatoms. The first-order chi connectivity index (χ1) is 13.4. The number of nitrogens with one attached hydrogen (secondary N) is 1. The molecule has 0 radical (unpaired) electrons. The third-order valence-electron chi connectivity index (χ3n) is 4.08. The molecule has 148 valence electrons. The highest BCUT2D eigenvalue weighted by Gasteiger charge is 2.22. The van der Waals surface area contributed by atoms with Crippen molar-refractivity contribution in [2.45, 2.75) is 19.4 Å². The van der Waals surface area contributed by atoms with Gasteiger partial charge in [-0.3, -0.25) is 4.79 Å². The van der Waals surface area contributed by atoms with Gasteiger partial charge in [0, 0.05) is 6.42 Å². The summed E-state index contributed by atoms with van der Waals surface area (Å²) in [5, 5.41) is 2.54. The van der Waals surface area contributed by atoms with E-state index in [-0.39, 0.29) is 12.0 Å². The fraction of sp³-hybridized carbons (Fsp3) is 0.286. The first-order valence-corrected chi connectivity index (χ1v) is 8.67. The number of esters is 2. The predicted octanol–water partition coefficient (Wildman–Crippen LogP) is 2.06. The van der Waals surface area contributed by atoms with Crippen LogP contribution in [0.4, 0.5) is 0 Å². The van der Waals surface area contributed by atoms with Crippen molar-refractivity contribution in [3.05, 3.63) is 65.2 Å². The monoisotopic (exact) mass is 385 g/mol. The van der Waals surface area contributed by atoms with E-state index < -0.39 is 30.5 Å². The van der Waals surface area contributed by atoms with E-state index in [1.807, 2.05) is 37.3 Å². The third-order valence-corrected chi connectivity index (χ3v) is 4.08. The zero-order valence-electron chi connectivity index (χ0n) is 16.1. The number of hydrogen-bond acceptors (Lipinski definition) is 6. The average Bonchev–Trinajstić information content (AvgIpc) is 2.72. The molecule has 1 atom stereocenters. The molecule has 7 nitrogen and oxygen atoms in total. The minimum absolute atomic E-state index is 0.266. The van der Waals surface area contributed by atoms with Crippen LogP contribution < -0.4 is 10.1 Å². The number of benzene rings is 2. The normalized spacial score (nSPS) is 11.2. The Labute approximate surface area is 163 Å². The number of aryl methyl sites for hydroxylation is 1. The molecule has 0 aliphatic heterocycles. The van der Waals surface area contributed by atoms with Gasteiger partial charge in [-0.15, -0.1) is 0 Å². The van der Waals surface area contributed by atoms with Crippen molar-refractivity contribution in [3.8, 4) is 5.75 Å². The Bertz CT molecular complexity index is 834. The molecule has 0 saturated carbocycles. The number of rotatable bonds is 8. The molecule has 0 bridgehead atoms. The van der Waals surface area contributed by atoms with E-state index in [0.29, 0.717) is 5.75 Å². The molecule has 2 aromatic carbocycles. The van der Waals surface area contributed by atoms with Crippen molar-refractivity contribution in [1.29, 1.82) is 0 Å². The second-order valence-electron chi connectivity index (χ2n) is 6.09. The highest BCUT2D eigenvalue weighted by Crippen LogP contribution is 2.19. The van der Waals surface area contributed by atoms with Gasteiger partial charge in [0.05, 0.1) is 19.8 Å². The zero-order valence-corrected chi connectivity index (χ0v) is 16.1. The molecule has 2 rings (SSSR count). The highest BCUT2D eigenvalue weighted by molar-refractivity contribution is 5.92. The summed E-state index contributed by atoms with van der Waals surface area (Å²) < 4.78 is 14.9. The van der Waals surface area contributed by atoms with Gasteiger partial charge in [0.25, 0.3) is 5.91 Å². The van der Waals surface area contributed by atoms with Gasteiger partial charge in [-0.05, 0) is 30.2 Å². The summed E-state index contributed by atoms with van der Waals surface area (Å²) >= 11 is 0. The van der Waals surface area contributed by atoms with Gasteiger partial charge in [-0.2, -0.15) is 0 Å². The van der Waals surface area contributed by atoms with E-state index in [2.05, 4.69) is 5.32 Å². The number of amides is 1. The van der Waals surface area contributed by atoms with E-state index in [9.17, 15) is 14.4 Å². The maximum Gasteiger partial charge on any atom is 0.338 e. The van der Waals surface area contributed by atoms with Gasteiger partial charge in [0.1, 0.15) is 11.8 Å². The lowest BCUT2D eigenvalue weighted by Gasteiger charge is -2.16. The van der Waals surface area contributed by atoms with Gasteiger partial charge in [0.2, 0.25) is 0 Å². The molecule has 0 unspecified atom stereocenters. The Hall–Kier alpha value is -3.35. The van der Waals surface area contributed by atoms with Crippen molar-refractivity contribution in [2.24, 2.45) is 0 Å². The SMILES string of the molecule is COC(=O)[C@H](Cc1ccccc1)NC(=O)COC(=O)c1ccc(C)c(OC)c1. The number of carbonyl (C=O) groups is 3. The van der Waals surface area contributed by atoms with Crippen LogP contribution in [-0.2, 0) is 25.5 Å². The maximum absolute atomic E-state index is 12.2. The molecule has 0 heterocycles. The van der Waals surface area contributed by atoms with Crippen LogP contribution >= 0.6 is 0 Å². The summed E-state index contributed by atoms with van der Waals surface area (Å²) in [5.74, 6) is -1.29. The molecular weight excluding hydrogens is 362 g/mol. The second kappa shape index (κ2) is 10.1. The first kappa shape index (κ1) is 21.0. The summed E-state index contributed by atoms with van der Waals surface area (Å²) in [5.41, 5.74) is 2.00. The van der Waals surface area contributed by atoms with Gasteiger partial charge in [-0.25, -0.2) is 9.59 Å². The lowest BCUT2D eigenvalue weighted by atomic mass is 10.1. The van der Waals surface area contributed by atoms with Gasteiger partial charge in [0.15, 0.2) is 6.61 Å². The van der Waals surface area contributed by atoms with Crippen LogP contribution in [0.25, 0.3) is 0 Å². The van der Waals surface area contributed by atoms with Crippen LogP contribution in [0.15, 0.2) is 48.5 Å². The van der Waals surface area contributed by atoms with E-state index in [0.717, 1.165) is 11.1 Å². The minimum atomic E-state index is -0.877. The van der Waals surface area contributed by atoms with E-state index in [1.54, 1.807) is 18.2 Å². The number of hydrogen-bond donors (Lipinski definition) is 1. The summed E-state index contributed by atoms with van der Waals surface area (Å²) in [6.45, 7) is 1.33. The van der Waals surface area contributed by atoms with Crippen LogP contribution in [-0.4, -0.2) is 44.7 Å². The van der Waals surface area contributed by atoms with Crippen LogP contribution in [0.1, 0.15) is 21.5 Å². The molecule has 28 heavy (non-hydrogen) atoms. The maximum atomic E-state index is 12.2. The third kappa shape index (κ3) is 5.84. The minimum Gasteiger partial charge on any atom is -0.496 e.